The van der Waals surface area contributed by atoms with Gasteiger partial charge in [0, 0.05) is 30.8 Å². The Morgan fingerprint density at radius 2 is 1.81 bits per heavy atom. The second kappa shape index (κ2) is 8.43. The zero-order chi connectivity index (χ0) is 22.9. The summed E-state index contributed by atoms with van der Waals surface area (Å²) in [6, 6.07) is 11.5. The number of pyridine rings is 1. The van der Waals surface area contributed by atoms with E-state index >= 15 is 0 Å². The Labute approximate surface area is 179 Å². The fraction of sp³-hybridized carbons (Fsp3) is 0.227. The van der Waals surface area contributed by atoms with Crippen molar-refractivity contribution in [2.45, 2.75) is 25.1 Å². The van der Waals surface area contributed by atoms with E-state index in [2.05, 4.69) is 16.4 Å². The van der Waals surface area contributed by atoms with Gasteiger partial charge in [-0.25, -0.2) is 9.07 Å². The van der Waals surface area contributed by atoms with Gasteiger partial charge in [0.05, 0.1) is 23.3 Å². The van der Waals surface area contributed by atoms with Crippen LogP contribution in [-0.4, -0.2) is 37.3 Å². The molecule has 3 aromatic heterocycles. The van der Waals surface area contributed by atoms with E-state index in [9.17, 15) is 22.8 Å². The van der Waals surface area contributed by atoms with Crippen molar-refractivity contribution >= 4 is 5.52 Å². The molecule has 0 aliphatic heterocycles. The standard InChI is InChI=1S/C22H17F4N5O/c23-17-4-2-15(3-5-17)21-16(9-27)12-30-10-14(1-6-20(21)30)11-31-13-19(28-29-31)18(7-8-32)22(24,25)26/h1-6,10,12-13,18,32H,7-8,11H2. The van der Waals surface area contributed by atoms with Crippen molar-refractivity contribution in [3.05, 3.63) is 77.6 Å². The molecule has 4 rings (SSSR count). The number of aromatic nitrogens is 4. The molecule has 0 fully saturated rings. The van der Waals surface area contributed by atoms with Crippen LogP contribution >= 0.6 is 0 Å². The summed E-state index contributed by atoms with van der Waals surface area (Å²) in [5.41, 5.74) is 2.98. The minimum Gasteiger partial charge on any atom is -0.396 e. The van der Waals surface area contributed by atoms with Crippen LogP contribution in [0.5, 0.6) is 0 Å². The predicted molar refractivity (Wildman–Crippen MR) is 107 cm³/mol. The summed E-state index contributed by atoms with van der Waals surface area (Å²) in [6.07, 6.45) is -0.401. The quantitative estimate of drug-likeness (QED) is 0.451. The lowest BCUT2D eigenvalue weighted by atomic mass is 10.0. The number of benzene rings is 1. The summed E-state index contributed by atoms with van der Waals surface area (Å²) < 4.78 is 55.9. The van der Waals surface area contributed by atoms with Gasteiger partial charge in [-0.2, -0.15) is 18.4 Å². The molecule has 1 N–H and O–H groups in total. The number of aliphatic hydroxyl groups is 1. The smallest absolute Gasteiger partial charge is 0.396 e. The van der Waals surface area contributed by atoms with Gasteiger partial charge in [0.2, 0.25) is 0 Å². The monoisotopic (exact) mass is 443 g/mol. The number of hydrogen-bond acceptors (Lipinski definition) is 4. The first-order valence-corrected chi connectivity index (χ1v) is 9.67. The third-order valence-electron chi connectivity index (χ3n) is 5.16. The van der Waals surface area contributed by atoms with Crippen LogP contribution in [0, 0.1) is 17.1 Å². The molecule has 0 aliphatic carbocycles. The first-order valence-electron chi connectivity index (χ1n) is 9.67. The van der Waals surface area contributed by atoms with Gasteiger partial charge in [0.1, 0.15) is 17.8 Å². The van der Waals surface area contributed by atoms with Crippen molar-refractivity contribution in [2.75, 3.05) is 6.61 Å². The van der Waals surface area contributed by atoms with Gasteiger partial charge >= 0.3 is 6.18 Å². The van der Waals surface area contributed by atoms with Crippen molar-refractivity contribution in [2.24, 2.45) is 0 Å². The highest BCUT2D eigenvalue weighted by molar-refractivity contribution is 5.86. The third-order valence-corrected chi connectivity index (χ3v) is 5.16. The van der Waals surface area contributed by atoms with Crippen LogP contribution in [0.1, 0.15) is 29.2 Å². The van der Waals surface area contributed by atoms with E-state index in [-0.39, 0.29) is 18.1 Å². The van der Waals surface area contributed by atoms with Crippen LogP contribution in [0.15, 0.2) is 55.0 Å². The molecule has 0 spiro atoms. The Kier molecular flexibility index (Phi) is 5.67. The molecule has 4 aromatic rings. The molecule has 6 nitrogen and oxygen atoms in total. The maximum Gasteiger partial charge on any atom is 0.397 e. The molecule has 1 unspecified atom stereocenters. The van der Waals surface area contributed by atoms with Crippen molar-refractivity contribution in [3.63, 3.8) is 0 Å². The maximum absolute atomic E-state index is 13.3. The Hall–Kier alpha value is -3.71. The van der Waals surface area contributed by atoms with Crippen molar-refractivity contribution in [1.29, 1.82) is 5.26 Å². The molecule has 3 heterocycles. The minimum absolute atomic E-state index is 0.165. The Balaban J connectivity index is 1.64. The lowest BCUT2D eigenvalue weighted by molar-refractivity contribution is -0.154. The zero-order valence-corrected chi connectivity index (χ0v) is 16.6. The number of fused-ring (bicyclic) bond motifs is 1. The number of alkyl halides is 3. The minimum atomic E-state index is -4.53. The number of nitrogens with zero attached hydrogens (tertiary/aromatic N) is 5. The number of nitriles is 1. The number of hydrogen-bond donors (Lipinski definition) is 1. The molecule has 0 saturated carbocycles. The average Bonchev–Trinajstić information content (AvgIpc) is 3.35. The summed E-state index contributed by atoms with van der Waals surface area (Å²) in [5, 5.41) is 25.9. The fourth-order valence-corrected chi connectivity index (χ4v) is 3.67. The second-order valence-electron chi connectivity index (χ2n) is 7.31. The van der Waals surface area contributed by atoms with Crippen molar-refractivity contribution in [3.8, 4) is 17.2 Å². The van der Waals surface area contributed by atoms with Crippen molar-refractivity contribution < 1.29 is 22.7 Å². The summed E-state index contributed by atoms with van der Waals surface area (Å²) in [7, 11) is 0. The first-order chi connectivity index (χ1) is 15.3. The topological polar surface area (TPSA) is 79.1 Å². The van der Waals surface area contributed by atoms with E-state index in [0.717, 1.165) is 11.1 Å². The molecule has 1 aromatic carbocycles. The molecule has 0 amide bonds. The summed E-state index contributed by atoms with van der Waals surface area (Å²) in [5.74, 6) is -2.26. The van der Waals surface area contributed by atoms with Crippen LogP contribution in [0.25, 0.3) is 16.6 Å². The summed E-state index contributed by atoms with van der Waals surface area (Å²) in [4.78, 5) is 0. The normalized spacial score (nSPS) is 12.8. The van der Waals surface area contributed by atoms with E-state index in [1.165, 1.54) is 23.0 Å². The molecule has 1 atom stereocenters. The molecule has 10 heteroatoms. The van der Waals surface area contributed by atoms with Crippen LogP contribution < -0.4 is 0 Å². The summed E-state index contributed by atoms with van der Waals surface area (Å²) >= 11 is 0. The van der Waals surface area contributed by atoms with E-state index in [4.69, 9.17) is 5.11 Å². The highest BCUT2D eigenvalue weighted by Gasteiger charge is 2.42. The third kappa shape index (κ3) is 4.20. The highest BCUT2D eigenvalue weighted by atomic mass is 19.4. The fourth-order valence-electron chi connectivity index (χ4n) is 3.67. The number of rotatable bonds is 6. The Morgan fingerprint density at radius 1 is 1.06 bits per heavy atom. The Bertz CT molecular complexity index is 1280. The highest BCUT2D eigenvalue weighted by Crippen LogP contribution is 2.36. The lowest BCUT2D eigenvalue weighted by Crippen LogP contribution is -2.22. The molecule has 0 aliphatic rings. The van der Waals surface area contributed by atoms with Crippen molar-refractivity contribution in [1.82, 2.24) is 19.4 Å². The van der Waals surface area contributed by atoms with E-state index in [0.29, 0.717) is 16.7 Å². The van der Waals surface area contributed by atoms with Gasteiger partial charge in [-0.15, -0.1) is 5.10 Å². The predicted octanol–water partition coefficient (Wildman–Crippen LogP) is 4.29. The molecule has 0 bridgehead atoms. The zero-order valence-electron chi connectivity index (χ0n) is 16.6. The van der Waals surface area contributed by atoms with E-state index < -0.39 is 25.1 Å². The average molecular weight is 443 g/mol. The molecule has 164 valence electrons. The van der Waals surface area contributed by atoms with E-state index in [1.807, 2.05) is 0 Å². The largest absolute Gasteiger partial charge is 0.397 e. The second-order valence-corrected chi connectivity index (χ2v) is 7.31. The molecular formula is C22H17F4N5O. The van der Waals surface area contributed by atoms with Gasteiger partial charge in [0.25, 0.3) is 0 Å². The molecule has 32 heavy (non-hydrogen) atoms. The molecular weight excluding hydrogens is 426 g/mol. The SMILES string of the molecule is N#Cc1cn2cc(Cn3cc(C(CCO)C(F)(F)F)nn3)ccc2c1-c1ccc(F)cc1. The van der Waals surface area contributed by atoms with Crippen LogP contribution in [0.2, 0.25) is 0 Å². The Morgan fingerprint density at radius 3 is 2.47 bits per heavy atom. The number of halogens is 4. The van der Waals surface area contributed by atoms with E-state index in [1.54, 1.807) is 41.1 Å². The van der Waals surface area contributed by atoms with Gasteiger partial charge in [-0.3, -0.25) is 0 Å². The number of aliphatic hydroxyl groups excluding tert-OH is 1. The van der Waals surface area contributed by atoms with Gasteiger partial charge in [-0.1, -0.05) is 23.4 Å². The van der Waals surface area contributed by atoms with Crippen LogP contribution in [0.4, 0.5) is 17.6 Å². The first kappa shape index (κ1) is 21.5. The van der Waals surface area contributed by atoms with Gasteiger partial charge in [0.15, 0.2) is 0 Å². The summed E-state index contributed by atoms with van der Waals surface area (Å²) in [6.45, 7) is -0.447. The van der Waals surface area contributed by atoms with Gasteiger partial charge in [-0.05, 0) is 35.7 Å². The maximum atomic E-state index is 13.3. The molecule has 0 saturated heterocycles. The van der Waals surface area contributed by atoms with Crippen LogP contribution in [-0.2, 0) is 6.54 Å². The van der Waals surface area contributed by atoms with Gasteiger partial charge < -0.3 is 9.51 Å². The molecule has 0 radical (unpaired) electrons. The lowest BCUT2D eigenvalue weighted by Gasteiger charge is -2.16. The van der Waals surface area contributed by atoms with Crippen LogP contribution in [0.3, 0.4) is 0 Å².